The predicted molar refractivity (Wildman–Crippen MR) is 71.4 cm³/mol. The molecule has 0 aliphatic rings. The standard InChI is InChI=1S/C12H26N4/c1-7-10(2)12(4,14-6)8-9-15-16-11(3)13-5/h8-10,14-15H,7H2,1-6H3,(H,13,16)/b9-8-/t10?,12-/m0/s1. The van der Waals surface area contributed by atoms with Crippen LogP contribution in [-0.4, -0.2) is 25.5 Å². The summed E-state index contributed by atoms with van der Waals surface area (Å²) < 4.78 is 0. The Kier molecular flexibility index (Phi) is 6.81. The quantitative estimate of drug-likeness (QED) is 0.367. The SMILES string of the molecule is CCC(C)[C@](C)(/C=C\N/N=C(/C)NC)NC. The maximum atomic E-state index is 4.11. The Labute approximate surface area is 99.6 Å². The summed E-state index contributed by atoms with van der Waals surface area (Å²) in [5.41, 5.74) is 2.91. The van der Waals surface area contributed by atoms with Gasteiger partial charge in [-0.05, 0) is 32.9 Å². The number of hydrazone groups is 1. The van der Waals surface area contributed by atoms with Crippen LogP contribution in [0.4, 0.5) is 0 Å². The highest BCUT2D eigenvalue weighted by atomic mass is 15.3. The van der Waals surface area contributed by atoms with Gasteiger partial charge in [-0.15, -0.1) is 0 Å². The molecule has 4 nitrogen and oxygen atoms in total. The highest BCUT2D eigenvalue weighted by Crippen LogP contribution is 2.20. The summed E-state index contributed by atoms with van der Waals surface area (Å²) in [6, 6.07) is 0. The number of nitrogens with one attached hydrogen (secondary N) is 3. The fraction of sp³-hybridized carbons (Fsp3) is 0.750. The van der Waals surface area contributed by atoms with Gasteiger partial charge in [0, 0.05) is 18.8 Å². The molecule has 0 aliphatic carbocycles. The van der Waals surface area contributed by atoms with Crippen LogP contribution < -0.4 is 16.1 Å². The Bertz CT molecular complexity index is 247. The van der Waals surface area contributed by atoms with Gasteiger partial charge in [0.1, 0.15) is 5.84 Å². The Morgan fingerprint density at radius 2 is 2.06 bits per heavy atom. The van der Waals surface area contributed by atoms with E-state index in [4.69, 9.17) is 0 Å². The molecule has 16 heavy (non-hydrogen) atoms. The molecule has 0 rings (SSSR count). The maximum Gasteiger partial charge on any atom is 0.119 e. The molecular weight excluding hydrogens is 200 g/mol. The van der Waals surface area contributed by atoms with Crippen molar-refractivity contribution in [1.29, 1.82) is 0 Å². The van der Waals surface area contributed by atoms with Gasteiger partial charge < -0.3 is 10.6 Å². The smallest absolute Gasteiger partial charge is 0.119 e. The van der Waals surface area contributed by atoms with Crippen LogP contribution in [0, 0.1) is 5.92 Å². The Morgan fingerprint density at radius 1 is 1.44 bits per heavy atom. The molecule has 0 aromatic heterocycles. The van der Waals surface area contributed by atoms with Crippen LogP contribution in [0.25, 0.3) is 0 Å². The maximum absolute atomic E-state index is 4.11. The summed E-state index contributed by atoms with van der Waals surface area (Å²) in [7, 11) is 3.83. The lowest BCUT2D eigenvalue weighted by Gasteiger charge is -2.31. The van der Waals surface area contributed by atoms with E-state index in [9.17, 15) is 0 Å². The molecule has 0 saturated heterocycles. The number of likely N-dealkylation sites (N-methyl/N-ethyl adjacent to an activating group) is 1. The molecule has 0 spiro atoms. The molecule has 0 heterocycles. The second-order valence-corrected chi connectivity index (χ2v) is 4.25. The fourth-order valence-corrected chi connectivity index (χ4v) is 1.32. The van der Waals surface area contributed by atoms with Crippen molar-refractivity contribution in [3.8, 4) is 0 Å². The van der Waals surface area contributed by atoms with Crippen LogP contribution >= 0.6 is 0 Å². The van der Waals surface area contributed by atoms with E-state index in [0.29, 0.717) is 5.92 Å². The molecule has 0 aromatic rings. The molecule has 0 aromatic carbocycles. The van der Waals surface area contributed by atoms with E-state index in [-0.39, 0.29) is 5.54 Å². The molecule has 1 unspecified atom stereocenters. The molecular formula is C12H26N4. The van der Waals surface area contributed by atoms with Crippen molar-refractivity contribution >= 4 is 5.84 Å². The summed E-state index contributed by atoms with van der Waals surface area (Å²) in [6.45, 7) is 8.54. The second kappa shape index (κ2) is 7.28. The van der Waals surface area contributed by atoms with Gasteiger partial charge in [-0.1, -0.05) is 20.3 Å². The largest absolute Gasteiger partial charge is 0.375 e. The van der Waals surface area contributed by atoms with Gasteiger partial charge in [-0.3, -0.25) is 5.43 Å². The minimum Gasteiger partial charge on any atom is -0.375 e. The molecule has 94 valence electrons. The number of amidine groups is 1. The zero-order valence-corrected chi connectivity index (χ0v) is 11.4. The normalized spacial score (nSPS) is 18.2. The van der Waals surface area contributed by atoms with Crippen molar-refractivity contribution in [1.82, 2.24) is 16.1 Å². The first-order chi connectivity index (χ1) is 7.50. The topological polar surface area (TPSA) is 48.5 Å². The number of nitrogens with zero attached hydrogens (tertiary/aromatic N) is 1. The third-order valence-corrected chi connectivity index (χ3v) is 3.27. The molecule has 0 bridgehead atoms. The summed E-state index contributed by atoms with van der Waals surface area (Å²) in [5, 5.41) is 10.4. The summed E-state index contributed by atoms with van der Waals surface area (Å²) in [6.07, 6.45) is 5.14. The Balaban J connectivity index is 4.37. The van der Waals surface area contributed by atoms with Gasteiger partial charge >= 0.3 is 0 Å². The van der Waals surface area contributed by atoms with Crippen molar-refractivity contribution in [3.05, 3.63) is 12.3 Å². The van der Waals surface area contributed by atoms with Gasteiger partial charge in [0.05, 0.1) is 0 Å². The average molecular weight is 226 g/mol. The lowest BCUT2D eigenvalue weighted by Crippen LogP contribution is -2.43. The molecule has 0 saturated carbocycles. The first kappa shape index (κ1) is 15.0. The average Bonchev–Trinajstić information content (AvgIpc) is 2.32. The van der Waals surface area contributed by atoms with Gasteiger partial charge in [0.2, 0.25) is 0 Å². The lowest BCUT2D eigenvalue weighted by atomic mass is 9.85. The van der Waals surface area contributed by atoms with E-state index in [1.807, 2.05) is 27.2 Å². The Morgan fingerprint density at radius 3 is 2.50 bits per heavy atom. The van der Waals surface area contributed by atoms with Gasteiger partial charge in [-0.25, -0.2) is 0 Å². The highest BCUT2D eigenvalue weighted by molar-refractivity contribution is 5.78. The van der Waals surface area contributed by atoms with Crippen molar-refractivity contribution in [2.24, 2.45) is 11.0 Å². The molecule has 0 fully saturated rings. The summed E-state index contributed by atoms with van der Waals surface area (Å²) in [4.78, 5) is 0. The lowest BCUT2D eigenvalue weighted by molar-refractivity contribution is 0.320. The van der Waals surface area contributed by atoms with E-state index in [0.717, 1.165) is 12.3 Å². The number of rotatable bonds is 6. The first-order valence-electron chi connectivity index (χ1n) is 5.84. The van der Waals surface area contributed by atoms with Crippen LogP contribution in [0.2, 0.25) is 0 Å². The third kappa shape index (κ3) is 4.66. The van der Waals surface area contributed by atoms with E-state index in [2.05, 4.69) is 48.0 Å². The first-order valence-corrected chi connectivity index (χ1v) is 5.84. The molecule has 2 atom stereocenters. The minimum absolute atomic E-state index is 0.00478. The van der Waals surface area contributed by atoms with Crippen LogP contribution in [0.3, 0.4) is 0 Å². The number of hydrogen-bond donors (Lipinski definition) is 3. The molecule has 0 aliphatic heterocycles. The van der Waals surface area contributed by atoms with Crippen molar-refractivity contribution in [2.75, 3.05) is 14.1 Å². The highest BCUT2D eigenvalue weighted by Gasteiger charge is 2.24. The van der Waals surface area contributed by atoms with Crippen molar-refractivity contribution in [3.63, 3.8) is 0 Å². The zero-order valence-electron chi connectivity index (χ0n) is 11.4. The van der Waals surface area contributed by atoms with Crippen LogP contribution in [-0.2, 0) is 0 Å². The molecule has 4 heteroatoms. The van der Waals surface area contributed by atoms with Crippen molar-refractivity contribution in [2.45, 2.75) is 39.7 Å². The predicted octanol–water partition coefficient (Wildman–Crippen LogP) is 1.67. The summed E-state index contributed by atoms with van der Waals surface area (Å²) >= 11 is 0. The monoisotopic (exact) mass is 226 g/mol. The van der Waals surface area contributed by atoms with E-state index < -0.39 is 0 Å². The van der Waals surface area contributed by atoms with Gasteiger partial charge in [0.15, 0.2) is 0 Å². The summed E-state index contributed by atoms with van der Waals surface area (Å²) in [5.74, 6) is 1.43. The van der Waals surface area contributed by atoms with E-state index in [1.165, 1.54) is 0 Å². The molecule has 0 radical (unpaired) electrons. The third-order valence-electron chi connectivity index (χ3n) is 3.27. The minimum atomic E-state index is 0.00478. The zero-order chi connectivity index (χ0) is 12.6. The fourth-order valence-electron chi connectivity index (χ4n) is 1.32. The molecule has 3 N–H and O–H groups in total. The van der Waals surface area contributed by atoms with Gasteiger partial charge in [0.25, 0.3) is 0 Å². The van der Waals surface area contributed by atoms with Gasteiger partial charge in [-0.2, -0.15) is 5.10 Å². The van der Waals surface area contributed by atoms with E-state index in [1.54, 1.807) is 0 Å². The molecule has 0 amide bonds. The van der Waals surface area contributed by atoms with E-state index >= 15 is 0 Å². The van der Waals surface area contributed by atoms with Crippen LogP contribution in [0.5, 0.6) is 0 Å². The van der Waals surface area contributed by atoms with Crippen molar-refractivity contribution < 1.29 is 0 Å². The second-order valence-electron chi connectivity index (χ2n) is 4.25. The van der Waals surface area contributed by atoms with Crippen LogP contribution in [0.15, 0.2) is 17.4 Å². The Hall–Kier alpha value is -1.03. The number of hydrogen-bond acceptors (Lipinski definition) is 3. The van der Waals surface area contributed by atoms with Crippen LogP contribution in [0.1, 0.15) is 34.1 Å².